The largest absolute Gasteiger partial charge is 0.457 e. The molecule has 0 unspecified atom stereocenters. The molecule has 2 aromatic rings. The zero-order chi connectivity index (χ0) is 20.0. The maximum Gasteiger partial charge on any atom is 0.315 e. The Balaban J connectivity index is 1.69. The summed E-state index contributed by atoms with van der Waals surface area (Å²) in [6.45, 7) is 5.49. The average Bonchev–Trinajstić information content (AvgIpc) is 3.01. The van der Waals surface area contributed by atoms with Crippen LogP contribution in [-0.4, -0.2) is 27.3 Å². The molecule has 0 bridgehead atoms. The van der Waals surface area contributed by atoms with E-state index in [9.17, 15) is 14.0 Å². The molecule has 0 amide bonds. The lowest BCUT2D eigenvalue weighted by atomic mass is 10.1. The summed E-state index contributed by atoms with van der Waals surface area (Å²) in [7, 11) is 0. The van der Waals surface area contributed by atoms with Crippen LogP contribution in [0.3, 0.4) is 0 Å². The van der Waals surface area contributed by atoms with E-state index < -0.39 is 15.7 Å². The van der Waals surface area contributed by atoms with Crippen LogP contribution in [0.2, 0.25) is 0 Å². The molecular weight excluding hydrogens is 392 g/mol. The first-order valence-electron chi connectivity index (χ1n) is 8.54. The molecule has 0 radical (unpaired) electrons. The number of ether oxygens (including phenoxy) is 1. The molecule has 1 aliphatic carbocycles. The van der Waals surface area contributed by atoms with E-state index in [-0.39, 0.29) is 18.2 Å². The number of aryl methyl sites for hydroxylation is 1. The van der Waals surface area contributed by atoms with Gasteiger partial charge in [-0.1, -0.05) is 12.1 Å². The zero-order valence-electron chi connectivity index (χ0n) is 15.3. The lowest BCUT2D eigenvalue weighted by Gasteiger charge is -2.12. The number of aromatic nitrogens is 1. The van der Waals surface area contributed by atoms with Crippen LogP contribution in [-0.2, 0) is 16.1 Å². The van der Waals surface area contributed by atoms with Gasteiger partial charge in [0.15, 0.2) is 6.61 Å². The molecular formula is C20H20Cl2FNO3. The van der Waals surface area contributed by atoms with Gasteiger partial charge in [0.25, 0.3) is 0 Å². The van der Waals surface area contributed by atoms with Crippen molar-refractivity contribution in [3.05, 3.63) is 58.7 Å². The van der Waals surface area contributed by atoms with E-state index in [4.69, 9.17) is 27.9 Å². The molecule has 0 saturated heterocycles. The fourth-order valence-corrected chi connectivity index (χ4v) is 3.78. The highest BCUT2D eigenvalue weighted by Gasteiger charge is 2.69. The second kappa shape index (κ2) is 6.95. The standard InChI is InChI=1S/C20H20Cl2FNO3/c1-12-8-16(13(2)24(12)9-14-4-6-15(23)7-5-14)17(25)10-27-18(26)19(3)11-20(19,21)22/h4-8H,9-11H2,1-3H3/t19-/m0/s1. The van der Waals surface area contributed by atoms with Crippen LogP contribution in [0.1, 0.15) is 40.7 Å². The van der Waals surface area contributed by atoms with Crippen LogP contribution in [0.4, 0.5) is 4.39 Å². The summed E-state index contributed by atoms with van der Waals surface area (Å²) in [5.74, 6) is -1.15. The van der Waals surface area contributed by atoms with E-state index in [1.54, 1.807) is 25.1 Å². The van der Waals surface area contributed by atoms with Gasteiger partial charge in [-0.3, -0.25) is 9.59 Å². The third kappa shape index (κ3) is 3.76. The summed E-state index contributed by atoms with van der Waals surface area (Å²) in [4.78, 5) is 24.7. The van der Waals surface area contributed by atoms with Crippen molar-refractivity contribution in [2.24, 2.45) is 5.41 Å². The Hall–Kier alpha value is -1.85. The number of halogens is 3. The number of benzene rings is 1. The summed E-state index contributed by atoms with van der Waals surface area (Å²) >= 11 is 11.9. The zero-order valence-corrected chi connectivity index (χ0v) is 16.8. The van der Waals surface area contributed by atoms with Gasteiger partial charge >= 0.3 is 5.97 Å². The van der Waals surface area contributed by atoms with Crippen molar-refractivity contribution >= 4 is 35.0 Å². The Kier molecular flexibility index (Phi) is 5.12. The lowest BCUT2D eigenvalue weighted by molar-refractivity contribution is -0.148. The van der Waals surface area contributed by atoms with Crippen molar-refractivity contribution in [2.45, 2.75) is 38.1 Å². The number of carbonyl (C=O) groups is 2. The molecule has 4 nitrogen and oxygen atoms in total. The summed E-state index contributed by atoms with van der Waals surface area (Å²) in [5.41, 5.74) is 2.11. The van der Waals surface area contributed by atoms with Crippen LogP contribution in [0, 0.1) is 25.1 Å². The third-order valence-corrected chi connectivity index (χ3v) is 6.27. The van der Waals surface area contributed by atoms with E-state index >= 15 is 0 Å². The molecule has 1 aromatic heterocycles. The summed E-state index contributed by atoms with van der Waals surface area (Å²) in [5, 5.41) is 0. The van der Waals surface area contributed by atoms with Crippen LogP contribution in [0.25, 0.3) is 0 Å². The van der Waals surface area contributed by atoms with Crippen LogP contribution < -0.4 is 0 Å². The van der Waals surface area contributed by atoms with Crippen LogP contribution in [0.15, 0.2) is 30.3 Å². The van der Waals surface area contributed by atoms with Crippen molar-refractivity contribution in [1.29, 1.82) is 0 Å². The van der Waals surface area contributed by atoms with Gasteiger partial charge in [-0.15, -0.1) is 23.2 Å². The van der Waals surface area contributed by atoms with E-state index in [0.29, 0.717) is 18.5 Å². The molecule has 0 N–H and O–H groups in total. The first-order valence-corrected chi connectivity index (χ1v) is 9.30. The maximum absolute atomic E-state index is 13.1. The molecule has 144 valence electrons. The van der Waals surface area contributed by atoms with Gasteiger partial charge < -0.3 is 9.30 Å². The van der Waals surface area contributed by atoms with Gasteiger partial charge in [-0.25, -0.2) is 4.39 Å². The molecule has 3 rings (SSSR count). The Labute approximate surface area is 167 Å². The Morgan fingerprint density at radius 3 is 2.37 bits per heavy atom. The minimum atomic E-state index is -1.13. The minimum Gasteiger partial charge on any atom is -0.457 e. The number of carbonyl (C=O) groups excluding carboxylic acids is 2. The van der Waals surface area contributed by atoms with Gasteiger partial charge in [0.2, 0.25) is 5.78 Å². The predicted octanol–water partition coefficient (Wildman–Crippen LogP) is 4.60. The number of esters is 1. The number of ketones is 1. The van der Waals surface area contributed by atoms with E-state index in [1.807, 2.05) is 18.4 Å². The number of hydrogen-bond donors (Lipinski definition) is 0. The first-order chi connectivity index (χ1) is 12.5. The second-order valence-electron chi connectivity index (χ2n) is 7.21. The molecule has 0 spiro atoms. The topological polar surface area (TPSA) is 48.3 Å². The van der Waals surface area contributed by atoms with E-state index in [2.05, 4.69) is 0 Å². The monoisotopic (exact) mass is 411 g/mol. The number of alkyl halides is 2. The predicted molar refractivity (Wildman–Crippen MR) is 102 cm³/mol. The average molecular weight is 412 g/mol. The summed E-state index contributed by atoms with van der Waals surface area (Å²) in [6.07, 6.45) is 0.308. The SMILES string of the molecule is Cc1cc(C(=O)COC(=O)[C@]2(C)CC2(Cl)Cl)c(C)n1Cc1ccc(F)cc1. The molecule has 1 aromatic carbocycles. The van der Waals surface area contributed by atoms with E-state index in [1.165, 1.54) is 12.1 Å². The quantitative estimate of drug-likeness (QED) is 0.396. The Morgan fingerprint density at radius 1 is 1.22 bits per heavy atom. The van der Waals surface area contributed by atoms with Gasteiger partial charge in [0.1, 0.15) is 15.6 Å². The lowest BCUT2D eigenvalue weighted by Crippen LogP contribution is -2.24. The molecule has 27 heavy (non-hydrogen) atoms. The van der Waals surface area contributed by atoms with Gasteiger partial charge in [-0.2, -0.15) is 0 Å². The summed E-state index contributed by atoms with van der Waals surface area (Å²) in [6, 6.07) is 7.99. The maximum atomic E-state index is 13.1. The highest BCUT2D eigenvalue weighted by atomic mass is 35.5. The fraction of sp³-hybridized carbons (Fsp3) is 0.400. The molecule has 1 heterocycles. The van der Waals surface area contributed by atoms with Crippen molar-refractivity contribution in [3.8, 4) is 0 Å². The normalized spacial score (nSPS) is 20.4. The van der Waals surface area contributed by atoms with Gasteiger partial charge in [0, 0.05) is 29.9 Å². The van der Waals surface area contributed by atoms with E-state index in [0.717, 1.165) is 17.0 Å². The Morgan fingerprint density at radius 2 is 1.81 bits per heavy atom. The highest BCUT2D eigenvalue weighted by molar-refractivity contribution is 6.53. The number of rotatable bonds is 6. The van der Waals surface area contributed by atoms with Gasteiger partial charge in [0.05, 0.1) is 0 Å². The number of Topliss-reactive ketones (excluding diaryl/α,β-unsaturated/α-hetero) is 1. The second-order valence-corrected chi connectivity index (χ2v) is 8.69. The molecule has 1 aliphatic rings. The molecule has 1 atom stereocenters. The fourth-order valence-electron chi connectivity index (χ4n) is 3.09. The van der Waals surface area contributed by atoms with Crippen molar-refractivity contribution in [3.63, 3.8) is 0 Å². The molecule has 0 aliphatic heterocycles. The minimum absolute atomic E-state index is 0.291. The van der Waals surface area contributed by atoms with Crippen molar-refractivity contribution in [1.82, 2.24) is 4.57 Å². The molecule has 1 saturated carbocycles. The third-order valence-electron chi connectivity index (χ3n) is 5.17. The van der Waals surface area contributed by atoms with Gasteiger partial charge in [-0.05, 0) is 44.5 Å². The van der Waals surface area contributed by atoms with Crippen molar-refractivity contribution in [2.75, 3.05) is 6.61 Å². The number of hydrogen-bond acceptors (Lipinski definition) is 3. The smallest absolute Gasteiger partial charge is 0.315 e. The number of nitrogens with zero attached hydrogens (tertiary/aromatic N) is 1. The van der Waals surface area contributed by atoms with Crippen LogP contribution in [0.5, 0.6) is 0 Å². The Bertz CT molecular complexity index is 905. The molecule has 7 heteroatoms. The summed E-state index contributed by atoms with van der Waals surface area (Å²) < 4.78 is 19.1. The highest BCUT2D eigenvalue weighted by Crippen LogP contribution is 2.64. The first kappa shape index (κ1) is 19.9. The molecule has 1 fully saturated rings. The van der Waals surface area contributed by atoms with Crippen LogP contribution >= 0.6 is 23.2 Å². The van der Waals surface area contributed by atoms with Crippen molar-refractivity contribution < 1.29 is 18.7 Å².